The second-order valence-corrected chi connectivity index (χ2v) is 8.44. The Morgan fingerprint density at radius 3 is 2.52 bits per heavy atom. The van der Waals surface area contributed by atoms with E-state index in [2.05, 4.69) is 51.4 Å². The Labute approximate surface area is 173 Å². The SMILES string of the molecule is Cc1cc(C(=O)N2CCCC(C)C2)nc(Nc2ccc(N3CCCCC3)cc2)n1. The zero-order valence-electron chi connectivity index (χ0n) is 17.5. The molecule has 2 fully saturated rings. The van der Waals surface area contributed by atoms with Crippen LogP contribution < -0.4 is 10.2 Å². The lowest BCUT2D eigenvalue weighted by Gasteiger charge is -2.30. The van der Waals surface area contributed by atoms with Crippen LogP contribution in [0.3, 0.4) is 0 Å². The predicted molar refractivity (Wildman–Crippen MR) is 117 cm³/mol. The Morgan fingerprint density at radius 1 is 1.03 bits per heavy atom. The maximum absolute atomic E-state index is 12.9. The van der Waals surface area contributed by atoms with E-state index in [1.165, 1.54) is 31.4 Å². The summed E-state index contributed by atoms with van der Waals surface area (Å²) in [5.74, 6) is 1.03. The summed E-state index contributed by atoms with van der Waals surface area (Å²) in [4.78, 5) is 26.3. The van der Waals surface area contributed by atoms with Crippen LogP contribution in [0.1, 0.15) is 55.2 Å². The highest BCUT2D eigenvalue weighted by molar-refractivity contribution is 5.92. The first kappa shape index (κ1) is 19.7. The van der Waals surface area contributed by atoms with Crippen molar-refractivity contribution in [2.24, 2.45) is 5.92 Å². The first-order valence-electron chi connectivity index (χ1n) is 10.9. The number of likely N-dealkylation sites (tertiary alicyclic amines) is 1. The molecule has 2 aliphatic rings. The summed E-state index contributed by atoms with van der Waals surface area (Å²) in [5.41, 5.74) is 3.46. The molecule has 0 bridgehead atoms. The fourth-order valence-corrected chi connectivity index (χ4v) is 4.31. The molecule has 154 valence electrons. The van der Waals surface area contributed by atoms with Crippen molar-refractivity contribution in [3.8, 4) is 0 Å². The quantitative estimate of drug-likeness (QED) is 0.835. The van der Waals surface area contributed by atoms with Crippen LogP contribution in [0.15, 0.2) is 30.3 Å². The van der Waals surface area contributed by atoms with Crippen LogP contribution >= 0.6 is 0 Å². The van der Waals surface area contributed by atoms with Gasteiger partial charge in [-0.15, -0.1) is 0 Å². The topological polar surface area (TPSA) is 61.4 Å². The molecule has 1 aromatic carbocycles. The van der Waals surface area contributed by atoms with Gasteiger partial charge in [-0.3, -0.25) is 4.79 Å². The largest absolute Gasteiger partial charge is 0.372 e. The molecule has 0 aliphatic carbocycles. The van der Waals surface area contributed by atoms with Crippen LogP contribution in [0.25, 0.3) is 0 Å². The number of carbonyl (C=O) groups excluding carboxylic acids is 1. The Balaban J connectivity index is 1.46. The van der Waals surface area contributed by atoms with Gasteiger partial charge in [-0.2, -0.15) is 0 Å². The van der Waals surface area contributed by atoms with E-state index < -0.39 is 0 Å². The third-order valence-corrected chi connectivity index (χ3v) is 5.86. The highest BCUT2D eigenvalue weighted by atomic mass is 16.2. The second-order valence-electron chi connectivity index (χ2n) is 8.44. The van der Waals surface area contributed by atoms with Crippen molar-refractivity contribution in [2.75, 3.05) is 36.4 Å². The number of nitrogens with zero attached hydrogens (tertiary/aromatic N) is 4. The van der Waals surface area contributed by atoms with Gasteiger partial charge in [0.2, 0.25) is 5.95 Å². The molecule has 2 saturated heterocycles. The van der Waals surface area contributed by atoms with Gasteiger partial charge in [-0.25, -0.2) is 9.97 Å². The van der Waals surface area contributed by atoms with Gasteiger partial charge in [0.15, 0.2) is 0 Å². The Morgan fingerprint density at radius 2 is 1.79 bits per heavy atom. The van der Waals surface area contributed by atoms with Crippen molar-refractivity contribution in [2.45, 2.75) is 46.0 Å². The molecule has 1 N–H and O–H groups in total. The number of benzene rings is 1. The maximum atomic E-state index is 12.9. The number of hydrogen-bond acceptors (Lipinski definition) is 5. The van der Waals surface area contributed by atoms with Crippen molar-refractivity contribution in [3.63, 3.8) is 0 Å². The van der Waals surface area contributed by atoms with E-state index in [0.29, 0.717) is 17.6 Å². The minimum atomic E-state index is 0.00514. The lowest BCUT2D eigenvalue weighted by atomic mass is 10.00. The van der Waals surface area contributed by atoms with E-state index in [1.807, 2.05) is 11.8 Å². The van der Waals surface area contributed by atoms with Gasteiger partial charge in [0.05, 0.1) is 0 Å². The van der Waals surface area contributed by atoms with Gasteiger partial charge in [0, 0.05) is 43.2 Å². The average Bonchev–Trinajstić information content (AvgIpc) is 2.74. The van der Waals surface area contributed by atoms with Crippen molar-refractivity contribution < 1.29 is 4.79 Å². The minimum absolute atomic E-state index is 0.00514. The van der Waals surface area contributed by atoms with Crippen molar-refractivity contribution in [3.05, 3.63) is 41.7 Å². The molecule has 6 heteroatoms. The summed E-state index contributed by atoms with van der Waals surface area (Å²) in [7, 11) is 0. The zero-order valence-corrected chi connectivity index (χ0v) is 17.5. The summed E-state index contributed by atoms with van der Waals surface area (Å²) in [5, 5.41) is 3.27. The van der Waals surface area contributed by atoms with Gasteiger partial charge in [-0.05, 0) is 75.3 Å². The number of aromatic nitrogens is 2. The maximum Gasteiger partial charge on any atom is 0.272 e. The van der Waals surface area contributed by atoms with Gasteiger partial charge in [0.1, 0.15) is 5.69 Å². The zero-order chi connectivity index (χ0) is 20.2. The average molecular weight is 394 g/mol. The standard InChI is InChI=1S/C23H31N5O/c1-17-7-6-14-28(16-17)22(29)21-15-18(2)24-23(26-21)25-19-8-10-20(11-9-19)27-12-4-3-5-13-27/h8-11,15,17H,3-7,12-14,16H2,1-2H3,(H,24,25,26). The smallest absolute Gasteiger partial charge is 0.272 e. The fourth-order valence-electron chi connectivity index (χ4n) is 4.31. The Bertz CT molecular complexity index is 845. The molecule has 1 atom stereocenters. The van der Waals surface area contributed by atoms with Crippen LogP contribution in [0.5, 0.6) is 0 Å². The monoisotopic (exact) mass is 393 g/mol. The van der Waals surface area contributed by atoms with E-state index in [4.69, 9.17) is 0 Å². The molecule has 0 radical (unpaired) electrons. The van der Waals surface area contributed by atoms with E-state index >= 15 is 0 Å². The summed E-state index contributed by atoms with van der Waals surface area (Å²) < 4.78 is 0. The number of nitrogens with one attached hydrogen (secondary N) is 1. The van der Waals surface area contributed by atoms with Gasteiger partial charge in [-0.1, -0.05) is 6.92 Å². The number of hydrogen-bond donors (Lipinski definition) is 1. The van der Waals surface area contributed by atoms with Crippen LogP contribution in [0.4, 0.5) is 17.3 Å². The molecule has 6 nitrogen and oxygen atoms in total. The molecule has 1 amide bonds. The number of amides is 1. The second kappa shape index (κ2) is 8.80. The first-order valence-corrected chi connectivity index (χ1v) is 10.9. The van der Waals surface area contributed by atoms with Crippen molar-refractivity contribution in [1.29, 1.82) is 0 Å². The van der Waals surface area contributed by atoms with Crippen LogP contribution in [0.2, 0.25) is 0 Å². The Hall–Kier alpha value is -2.63. The Kier molecular flexibility index (Phi) is 5.97. The highest BCUT2D eigenvalue weighted by Gasteiger charge is 2.23. The van der Waals surface area contributed by atoms with E-state index in [9.17, 15) is 4.79 Å². The number of aryl methyl sites for hydroxylation is 1. The molecular formula is C23H31N5O. The van der Waals surface area contributed by atoms with Crippen LogP contribution in [-0.2, 0) is 0 Å². The predicted octanol–water partition coefficient (Wildman–Crippen LogP) is 4.39. The van der Waals surface area contributed by atoms with E-state index in [-0.39, 0.29) is 5.91 Å². The van der Waals surface area contributed by atoms with Gasteiger partial charge in [0.25, 0.3) is 5.91 Å². The van der Waals surface area contributed by atoms with E-state index in [1.54, 1.807) is 6.07 Å². The highest BCUT2D eigenvalue weighted by Crippen LogP contribution is 2.23. The summed E-state index contributed by atoms with van der Waals surface area (Å²) in [6.45, 7) is 7.99. The normalized spacial score (nSPS) is 19.9. The molecule has 29 heavy (non-hydrogen) atoms. The molecule has 1 unspecified atom stereocenters. The number of piperidine rings is 2. The fraction of sp³-hybridized carbons (Fsp3) is 0.522. The number of carbonyl (C=O) groups is 1. The lowest BCUT2D eigenvalue weighted by Crippen LogP contribution is -2.39. The van der Waals surface area contributed by atoms with Gasteiger partial charge >= 0.3 is 0 Å². The number of rotatable bonds is 4. The summed E-state index contributed by atoms with van der Waals surface area (Å²) in [6.07, 6.45) is 6.12. The van der Waals surface area contributed by atoms with Gasteiger partial charge < -0.3 is 15.1 Å². The molecule has 2 aliphatic heterocycles. The number of anilines is 3. The first-order chi connectivity index (χ1) is 14.1. The van der Waals surface area contributed by atoms with Crippen LogP contribution in [0, 0.1) is 12.8 Å². The minimum Gasteiger partial charge on any atom is -0.372 e. The molecule has 0 saturated carbocycles. The third-order valence-electron chi connectivity index (χ3n) is 5.86. The van der Waals surface area contributed by atoms with E-state index in [0.717, 1.165) is 44.0 Å². The molecule has 4 rings (SSSR count). The van der Waals surface area contributed by atoms with Crippen molar-refractivity contribution >= 4 is 23.2 Å². The lowest BCUT2D eigenvalue weighted by molar-refractivity contribution is 0.0677. The molecule has 3 heterocycles. The molecule has 0 spiro atoms. The summed E-state index contributed by atoms with van der Waals surface area (Å²) in [6, 6.07) is 10.2. The third kappa shape index (κ3) is 4.86. The molecule has 1 aromatic heterocycles. The molecule has 2 aromatic rings. The summed E-state index contributed by atoms with van der Waals surface area (Å²) >= 11 is 0. The van der Waals surface area contributed by atoms with Crippen LogP contribution in [-0.4, -0.2) is 47.0 Å². The molecular weight excluding hydrogens is 362 g/mol. The van der Waals surface area contributed by atoms with Crippen molar-refractivity contribution in [1.82, 2.24) is 14.9 Å².